The van der Waals surface area contributed by atoms with E-state index in [0.29, 0.717) is 0 Å². The molecule has 0 aliphatic carbocycles. The second-order valence-corrected chi connectivity index (χ2v) is 5.10. The third-order valence-corrected chi connectivity index (χ3v) is 3.21. The van der Waals surface area contributed by atoms with E-state index in [1.54, 1.807) is 0 Å². The van der Waals surface area contributed by atoms with Crippen molar-refractivity contribution in [1.29, 1.82) is 0 Å². The zero-order valence-corrected chi connectivity index (χ0v) is 7.46. The van der Waals surface area contributed by atoms with Gasteiger partial charge in [-0.05, 0) is 20.3 Å². The maximum absolute atomic E-state index is 11.0. The predicted molar refractivity (Wildman–Crippen MR) is 44.6 cm³/mol. The van der Waals surface area contributed by atoms with E-state index >= 15 is 0 Å². The Kier molecular flexibility index (Phi) is 2.47. The van der Waals surface area contributed by atoms with Gasteiger partial charge in [0.05, 0.1) is 0 Å². The molecular weight excluding hydrogens is 146 g/mol. The minimum absolute atomic E-state index is 0.201. The summed E-state index contributed by atoms with van der Waals surface area (Å²) in [5.41, 5.74) is 0.201. The van der Waals surface area contributed by atoms with Crippen molar-refractivity contribution in [2.24, 2.45) is 0 Å². The molecule has 0 radical (unpaired) electrons. The number of hydrogen-bond acceptors (Lipinski definition) is 2. The molecule has 1 saturated heterocycles. The van der Waals surface area contributed by atoms with Crippen molar-refractivity contribution in [1.82, 2.24) is 5.32 Å². The molecule has 1 heterocycles. The van der Waals surface area contributed by atoms with Crippen LogP contribution in [0.4, 0.5) is 0 Å². The molecule has 1 aliphatic rings. The lowest BCUT2D eigenvalue weighted by atomic mass is 10.0. The lowest BCUT2D eigenvalue weighted by Gasteiger charge is -2.22. The van der Waals surface area contributed by atoms with Gasteiger partial charge >= 0.3 is 0 Å². The Balaban J connectivity index is 2.48. The molecule has 60 valence electrons. The average Bonchev–Trinajstić information content (AvgIpc) is 1.94. The zero-order valence-electron chi connectivity index (χ0n) is 6.64. The molecule has 2 nitrogen and oxygen atoms in total. The van der Waals surface area contributed by atoms with Crippen LogP contribution in [0.2, 0.25) is 0 Å². The summed E-state index contributed by atoms with van der Waals surface area (Å²) in [6.07, 6.45) is 1.03. The molecule has 1 aliphatic heterocycles. The van der Waals surface area contributed by atoms with Gasteiger partial charge in [0.15, 0.2) is 0 Å². The van der Waals surface area contributed by atoms with Crippen LogP contribution in [0.1, 0.15) is 20.3 Å². The molecule has 3 heteroatoms. The molecule has 0 aromatic carbocycles. The summed E-state index contributed by atoms with van der Waals surface area (Å²) >= 11 is 0. The molecule has 10 heavy (non-hydrogen) atoms. The Bertz CT molecular complexity index is 145. The van der Waals surface area contributed by atoms with Crippen LogP contribution in [0, 0.1) is 0 Å². The van der Waals surface area contributed by atoms with Gasteiger partial charge in [0.25, 0.3) is 0 Å². The Hall–Kier alpha value is 0.110. The molecule has 0 spiro atoms. The van der Waals surface area contributed by atoms with E-state index in [4.69, 9.17) is 0 Å². The monoisotopic (exact) mass is 161 g/mol. The normalized spacial score (nSPS) is 33.2. The molecule has 0 aromatic rings. The Morgan fingerprint density at radius 1 is 1.40 bits per heavy atom. The van der Waals surface area contributed by atoms with Gasteiger partial charge in [0, 0.05) is 34.4 Å². The third kappa shape index (κ3) is 2.39. The lowest BCUT2D eigenvalue weighted by Crippen LogP contribution is -2.39. The van der Waals surface area contributed by atoms with Crippen molar-refractivity contribution in [2.75, 3.05) is 18.1 Å². The van der Waals surface area contributed by atoms with E-state index in [1.807, 2.05) is 0 Å². The van der Waals surface area contributed by atoms with E-state index in [9.17, 15) is 4.21 Å². The molecule has 0 amide bonds. The quantitative estimate of drug-likeness (QED) is 0.561. The van der Waals surface area contributed by atoms with Crippen molar-refractivity contribution in [3.05, 3.63) is 0 Å². The second-order valence-electron chi connectivity index (χ2n) is 3.41. The Morgan fingerprint density at radius 2 is 2.10 bits per heavy atom. The first-order valence-electron chi connectivity index (χ1n) is 3.70. The summed E-state index contributed by atoms with van der Waals surface area (Å²) in [6.45, 7) is 5.23. The van der Waals surface area contributed by atoms with Gasteiger partial charge in [0.1, 0.15) is 0 Å². The van der Waals surface area contributed by atoms with E-state index in [0.717, 1.165) is 24.5 Å². The van der Waals surface area contributed by atoms with Crippen molar-refractivity contribution in [3.63, 3.8) is 0 Å². The van der Waals surface area contributed by atoms with E-state index in [2.05, 4.69) is 19.2 Å². The van der Waals surface area contributed by atoms with Crippen LogP contribution in [0.25, 0.3) is 0 Å². The van der Waals surface area contributed by atoms with E-state index in [1.165, 1.54) is 0 Å². The first-order valence-corrected chi connectivity index (χ1v) is 5.19. The maximum Gasteiger partial charge on any atom is 0.0360 e. The van der Waals surface area contributed by atoms with Gasteiger partial charge in [-0.1, -0.05) is 0 Å². The number of rotatable bonds is 0. The molecule has 0 bridgehead atoms. The fraction of sp³-hybridized carbons (Fsp3) is 1.00. The number of nitrogens with one attached hydrogen (secondary N) is 1. The van der Waals surface area contributed by atoms with Gasteiger partial charge < -0.3 is 5.32 Å². The molecular formula is C7H15NOS. The van der Waals surface area contributed by atoms with Crippen LogP contribution in [0.15, 0.2) is 0 Å². The zero-order chi connectivity index (χ0) is 7.61. The van der Waals surface area contributed by atoms with Crippen LogP contribution < -0.4 is 5.32 Å². The summed E-state index contributed by atoms with van der Waals surface area (Å²) in [5, 5.41) is 3.36. The molecule has 1 fully saturated rings. The van der Waals surface area contributed by atoms with Gasteiger partial charge in [-0.15, -0.1) is 0 Å². The summed E-state index contributed by atoms with van der Waals surface area (Å²) in [6, 6.07) is 0. The highest BCUT2D eigenvalue weighted by Crippen LogP contribution is 2.11. The standard InChI is InChI=1S/C7H15NOS/c1-7(2)3-5-10(9)6-4-8-7/h8H,3-6H2,1-2H3. The molecule has 1 rings (SSSR count). The molecule has 0 aromatic heterocycles. The summed E-state index contributed by atoms with van der Waals surface area (Å²) < 4.78 is 11.0. The fourth-order valence-electron chi connectivity index (χ4n) is 1.06. The molecule has 1 atom stereocenters. The predicted octanol–water partition coefficient (Wildman–Crippen LogP) is 0.507. The fourth-order valence-corrected chi connectivity index (χ4v) is 2.33. The van der Waals surface area contributed by atoms with E-state index in [-0.39, 0.29) is 5.54 Å². The second kappa shape index (κ2) is 3.01. The lowest BCUT2D eigenvalue weighted by molar-refractivity contribution is 0.396. The highest BCUT2D eigenvalue weighted by molar-refractivity contribution is 7.85. The van der Waals surface area contributed by atoms with Gasteiger partial charge in [-0.2, -0.15) is 0 Å². The number of hydrogen-bond donors (Lipinski definition) is 1. The van der Waals surface area contributed by atoms with Crippen LogP contribution >= 0.6 is 0 Å². The molecule has 1 unspecified atom stereocenters. The van der Waals surface area contributed by atoms with Gasteiger partial charge in [0.2, 0.25) is 0 Å². The van der Waals surface area contributed by atoms with E-state index < -0.39 is 10.8 Å². The summed E-state index contributed by atoms with van der Waals surface area (Å²) in [5.74, 6) is 1.68. The minimum Gasteiger partial charge on any atom is -0.311 e. The van der Waals surface area contributed by atoms with Crippen LogP contribution in [0.5, 0.6) is 0 Å². The summed E-state index contributed by atoms with van der Waals surface area (Å²) in [7, 11) is -0.567. The largest absolute Gasteiger partial charge is 0.311 e. The van der Waals surface area contributed by atoms with Gasteiger partial charge in [-0.3, -0.25) is 4.21 Å². The van der Waals surface area contributed by atoms with Crippen molar-refractivity contribution < 1.29 is 4.21 Å². The SMILES string of the molecule is CC1(C)CCS(=O)CCN1. The van der Waals surface area contributed by atoms with Gasteiger partial charge in [-0.25, -0.2) is 0 Å². The Labute approximate surface area is 64.8 Å². The van der Waals surface area contributed by atoms with Crippen LogP contribution in [-0.2, 0) is 10.8 Å². The first kappa shape index (κ1) is 8.21. The maximum atomic E-state index is 11.0. The highest BCUT2D eigenvalue weighted by atomic mass is 32.2. The highest BCUT2D eigenvalue weighted by Gasteiger charge is 2.20. The van der Waals surface area contributed by atoms with Crippen LogP contribution in [-0.4, -0.2) is 27.8 Å². The topological polar surface area (TPSA) is 29.1 Å². The molecule has 0 saturated carbocycles. The first-order chi connectivity index (χ1) is 4.60. The van der Waals surface area contributed by atoms with Crippen molar-refractivity contribution in [3.8, 4) is 0 Å². The summed E-state index contributed by atoms with van der Waals surface area (Å²) in [4.78, 5) is 0. The van der Waals surface area contributed by atoms with Crippen LogP contribution in [0.3, 0.4) is 0 Å². The smallest absolute Gasteiger partial charge is 0.0360 e. The van der Waals surface area contributed by atoms with Crippen molar-refractivity contribution in [2.45, 2.75) is 25.8 Å². The average molecular weight is 161 g/mol. The minimum atomic E-state index is -0.567. The molecule has 1 N–H and O–H groups in total. The third-order valence-electron chi connectivity index (χ3n) is 1.89. The van der Waals surface area contributed by atoms with Crippen molar-refractivity contribution >= 4 is 10.8 Å². The Morgan fingerprint density at radius 3 is 2.80 bits per heavy atom.